The van der Waals surface area contributed by atoms with E-state index >= 15 is 0 Å². The van der Waals surface area contributed by atoms with Gasteiger partial charge in [-0.2, -0.15) is 0 Å². The molecule has 3 N–H and O–H groups in total. The van der Waals surface area contributed by atoms with Crippen molar-refractivity contribution in [2.45, 2.75) is 6.42 Å². The van der Waals surface area contributed by atoms with Gasteiger partial charge in [-0.25, -0.2) is 0 Å². The highest BCUT2D eigenvalue weighted by Gasteiger charge is 1.99. The fourth-order valence-corrected chi connectivity index (χ4v) is 2.06. The van der Waals surface area contributed by atoms with Crippen LogP contribution in [0, 0.1) is 0 Å². The molecule has 0 atom stereocenters. The Kier molecular flexibility index (Phi) is 9.04. The quantitative estimate of drug-likeness (QED) is 0.406. The fraction of sp³-hybridized carbons (Fsp3) is 0.294. The van der Waals surface area contributed by atoms with Crippen LogP contribution in [0.3, 0.4) is 0 Å². The number of guanidine groups is 1. The Labute approximate surface area is 155 Å². The largest absolute Gasteiger partial charge is 0.373 e. The number of likely N-dealkylation sites (N-methyl/N-ethyl adjacent to an activating group) is 1. The molecule has 0 unspecified atom stereocenters. The number of anilines is 1. The summed E-state index contributed by atoms with van der Waals surface area (Å²) >= 11 is 0. The van der Waals surface area contributed by atoms with E-state index in [-0.39, 0.29) is 24.0 Å². The number of benzene rings is 1. The molecule has 0 aliphatic heterocycles. The van der Waals surface area contributed by atoms with Crippen LogP contribution in [0.2, 0.25) is 0 Å². The normalized spacial score (nSPS) is 10.7. The topological polar surface area (TPSA) is 66.5 Å². The first kappa shape index (κ1) is 19.2. The van der Waals surface area contributed by atoms with Crippen LogP contribution in [-0.2, 0) is 6.42 Å². The van der Waals surface area contributed by atoms with Gasteiger partial charge >= 0.3 is 0 Å². The smallest absolute Gasteiger partial charge is 0.188 e. The first-order valence-electron chi connectivity index (χ1n) is 7.45. The zero-order valence-corrected chi connectivity index (χ0v) is 15.7. The summed E-state index contributed by atoms with van der Waals surface area (Å²) in [6.45, 7) is 2.26. The van der Waals surface area contributed by atoms with E-state index in [1.54, 1.807) is 6.20 Å². The molecule has 23 heavy (non-hydrogen) atoms. The molecule has 1 heterocycles. The third-order valence-corrected chi connectivity index (χ3v) is 3.33. The van der Waals surface area contributed by atoms with E-state index < -0.39 is 0 Å². The number of hydrogen-bond acceptors (Lipinski definition) is 3. The monoisotopic (exact) mass is 425 g/mol. The summed E-state index contributed by atoms with van der Waals surface area (Å²) in [5.74, 6) is 0.484. The average Bonchev–Trinajstić information content (AvgIpc) is 2.56. The first-order valence-corrected chi connectivity index (χ1v) is 7.45. The zero-order chi connectivity index (χ0) is 15.6. The summed E-state index contributed by atoms with van der Waals surface area (Å²) in [4.78, 5) is 10.7. The molecular weight excluding hydrogens is 401 g/mol. The number of hydrogen-bond donors (Lipinski definition) is 2. The lowest BCUT2D eigenvalue weighted by molar-refractivity contribution is 0.809. The molecule has 0 saturated carbocycles. The number of halogens is 1. The van der Waals surface area contributed by atoms with Gasteiger partial charge in [0.25, 0.3) is 0 Å². The number of nitrogens with zero attached hydrogens (tertiary/aromatic N) is 3. The van der Waals surface area contributed by atoms with Gasteiger partial charge in [0.15, 0.2) is 5.96 Å². The summed E-state index contributed by atoms with van der Waals surface area (Å²) in [7, 11) is 2.06. The van der Waals surface area contributed by atoms with Gasteiger partial charge in [-0.05, 0) is 24.3 Å². The second-order valence-electron chi connectivity index (χ2n) is 5.02. The lowest BCUT2D eigenvalue weighted by Gasteiger charge is -2.19. The van der Waals surface area contributed by atoms with Crippen LogP contribution in [0.25, 0.3) is 0 Å². The maximum Gasteiger partial charge on any atom is 0.188 e. The van der Waals surface area contributed by atoms with Crippen molar-refractivity contribution in [1.29, 1.82) is 0 Å². The second-order valence-corrected chi connectivity index (χ2v) is 5.02. The minimum absolute atomic E-state index is 0. The van der Waals surface area contributed by atoms with Crippen LogP contribution in [0.1, 0.15) is 5.69 Å². The van der Waals surface area contributed by atoms with Crippen molar-refractivity contribution in [3.8, 4) is 0 Å². The summed E-state index contributed by atoms with van der Waals surface area (Å²) in [6.07, 6.45) is 2.59. The highest BCUT2D eigenvalue weighted by atomic mass is 127. The Bertz CT molecular complexity index is 574. The van der Waals surface area contributed by atoms with Crippen molar-refractivity contribution in [3.05, 3.63) is 60.4 Å². The van der Waals surface area contributed by atoms with Gasteiger partial charge in [-0.1, -0.05) is 24.3 Å². The predicted octanol–water partition coefficient (Wildman–Crippen LogP) is 2.28. The molecule has 1 aromatic heterocycles. The van der Waals surface area contributed by atoms with E-state index in [2.05, 4.69) is 39.4 Å². The average molecular weight is 425 g/mol. The van der Waals surface area contributed by atoms with E-state index in [1.165, 1.54) is 5.69 Å². The molecule has 2 aromatic rings. The molecule has 0 bridgehead atoms. The Morgan fingerprint density at radius 2 is 1.91 bits per heavy atom. The lowest BCUT2D eigenvalue weighted by Crippen LogP contribution is -2.37. The van der Waals surface area contributed by atoms with Gasteiger partial charge in [0.1, 0.15) is 0 Å². The minimum atomic E-state index is 0. The van der Waals surface area contributed by atoms with Crippen molar-refractivity contribution < 1.29 is 0 Å². The van der Waals surface area contributed by atoms with Crippen LogP contribution in [-0.4, -0.2) is 37.6 Å². The molecular formula is C17H24IN5. The number of para-hydroxylation sites is 1. The number of aromatic nitrogens is 1. The zero-order valence-electron chi connectivity index (χ0n) is 13.4. The SMILES string of the molecule is CN(CCNC(N)=NCCc1ccccn1)c1ccccc1.I. The number of rotatable bonds is 7. The molecule has 0 radical (unpaired) electrons. The van der Waals surface area contributed by atoms with E-state index in [0.29, 0.717) is 12.5 Å². The molecule has 5 nitrogen and oxygen atoms in total. The maximum absolute atomic E-state index is 5.86. The molecule has 124 valence electrons. The molecule has 6 heteroatoms. The molecule has 0 saturated heterocycles. The minimum Gasteiger partial charge on any atom is -0.373 e. The Morgan fingerprint density at radius 3 is 2.61 bits per heavy atom. The number of nitrogens with one attached hydrogen (secondary N) is 1. The third kappa shape index (κ3) is 7.32. The summed E-state index contributed by atoms with van der Waals surface area (Å²) in [6, 6.07) is 16.1. The molecule has 0 spiro atoms. The van der Waals surface area contributed by atoms with Gasteiger partial charge in [0.2, 0.25) is 0 Å². The summed E-state index contributed by atoms with van der Waals surface area (Å²) in [5.41, 5.74) is 8.08. The molecule has 0 aliphatic carbocycles. The van der Waals surface area contributed by atoms with Gasteiger partial charge in [0, 0.05) is 50.7 Å². The highest BCUT2D eigenvalue weighted by Crippen LogP contribution is 2.09. The standard InChI is InChI=1S/C17H23N5.HI/c1-22(16-8-3-2-4-9-16)14-13-21-17(18)20-12-10-15-7-5-6-11-19-15;/h2-9,11H,10,12-14H2,1H3,(H3,18,20,21);1H. The van der Waals surface area contributed by atoms with E-state index in [0.717, 1.165) is 25.2 Å². The van der Waals surface area contributed by atoms with E-state index in [1.807, 2.05) is 36.4 Å². The molecule has 0 amide bonds. The van der Waals surface area contributed by atoms with Gasteiger partial charge < -0.3 is 16.0 Å². The predicted molar refractivity (Wildman–Crippen MR) is 108 cm³/mol. The fourth-order valence-electron chi connectivity index (χ4n) is 2.06. The number of aliphatic imine (C=N–C) groups is 1. The Balaban J connectivity index is 0.00000264. The van der Waals surface area contributed by atoms with Crippen LogP contribution in [0.4, 0.5) is 5.69 Å². The van der Waals surface area contributed by atoms with E-state index in [4.69, 9.17) is 5.73 Å². The van der Waals surface area contributed by atoms with Crippen molar-refractivity contribution in [2.75, 3.05) is 31.6 Å². The van der Waals surface area contributed by atoms with Crippen LogP contribution < -0.4 is 16.0 Å². The van der Waals surface area contributed by atoms with Gasteiger partial charge in [0.05, 0.1) is 0 Å². The van der Waals surface area contributed by atoms with E-state index in [9.17, 15) is 0 Å². The summed E-state index contributed by atoms with van der Waals surface area (Å²) < 4.78 is 0. The van der Waals surface area contributed by atoms with Crippen LogP contribution in [0.5, 0.6) is 0 Å². The lowest BCUT2D eigenvalue weighted by atomic mass is 10.3. The van der Waals surface area contributed by atoms with Crippen molar-refractivity contribution in [3.63, 3.8) is 0 Å². The second kappa shape index (κ2) is 10.8. The highest BCUT2D eigenvalue weighted by molar-refractivity contribution is 14.0. The number of nitrogens with two attached hydrogens (primary N) is 1. The Morgan fingerprint density at radius 1 is 1.17 bits per heavy atom. The molecule has 0 fully saturated rings. The van der Waals surface area contributed by atoms with Crippen molar-refractivity contribution in [1.82, 2.24) is 10.3 Å². The molecule has 2 rings (SSSR count). The maximum atomic E-state index is 5.86. The van der Waals surface area contributed by atoms with Gasteiger partial charge in [-0.15, -0.1) is 24.0 Å². The van der Waals surface area contributed by atoms with Crippen LogP contribution in [0.15, 0.2) is 59.7 Å². The third-order valence-electron chi connectivity index (χ3n) is 3.33. The van der Waals surface area contributed by atoms with Crippen molar-refractivity contribution >= 4 is 35.6 Å². The summed E-state index contributed by atoms with van der Waals surface area (Å²) in [5, 5.41) is 3.14. The first-order chi connectivity index (χ1) is 10.8. The molecule has 0 aliphatic rings. The number of pyridine rings is 1. The van der Waals surface area contributed by atoms with Gasteiger partial charge in [-0.3, -0.25) is 9.98 Å². The van der Waals surface area contributed by atoms with Crippen LogP contribution >= 0.6 is 24.0 Å². The molecule has 1 aromatic carbocycles. The van der Waals surface area contributed by atoms with Crippen molar-refractivity contribution in [2.24, 2.45) is 10.7 Å². The Hall–Kier alpha value is -1.83.